The summed E-state index contributed by atoms with van der Waals surface area (Å²) in [6.07, 6.45) is 1.83. The van der Waals surface area contributed by atoms with Crippen LogP contribution in [0.3, 0.4) is 0 Å². The third-order valence-corrected chi connectivity index (χ3v) is 3.13. The molecule has 4 heteroatoms. The van der Waals surface area contributed by atoms with Crippen LogP contribution in [0.15, 0.2) is 18.2 Å². The predicted molar refractivity (Wildman–Crippen MR) is 53.9 cm³/mol. The second kappa shape index (κ2) is 3.05. The molecule has 0 N–H and O–H groups in total. The van der Waals surface area contributed by atoms with Crippen LogP contribution in [0, 0.1) is 17.1 Å². The van der Waals surface area contributed by atoms with Crippen molar-refractivity contribution in [2.24, 2.45) is 0 Å². The van der Waals surface area contributed by atoms with E-state index in [4.69, 9.17) is 5.26 Å². The number of hydrogen-bond acceptors (Lipinski definition) is 2. The van der Waals surface area contributed by atoms with E-state index >= 15 is 0 Å². The van der Waals surface area contributed by atoms with Gasteiger partial charge in [0.25, 0.3) is 5.91 Å². The first-order chi connectivity index (χ1) is 7.74. The number of fused-ring (bicyclic) bond motifs is 1. The molecule has 3 rings (SSSR count). The van der Waals surface area contributed by atoms with E-state index in [2.05, 4.69) is 6.07 Å². The molecule has 1 amide bonds. The first-order valence-electron chi connectivity index (χ1n) is 5.24. The minimum atomic E-state index is -0.606. The minimum absolute atomic E-state index is 0.0842. The van der Waals surface area contributed by atoms with Crippen molar-refractivity contribution in [3.05, 3.63) is 35.1 Å². The first-order valence-corrected chi connectivity index (χ1v) is 5.24. The normalized spacial score (nSPS) is 23.1. The van der Waals surface area contributed by atoms with Gasteiger partial charge in [-0.1, -0.05) is 12.1 Å². The zero-order valence-electron chi connectivity index (χ0n) is 8.48. The number of carbonyl (C=O) groups is 1. The van der Waals surface area contributed by atoms with Crippen LogP contribution in [0.2, 0.25) is 0 Å². The number of rotatable bonds is 1. The Balaban J connectivity index is 2.16. The molecule has 1 fully saturated rings. The zero-order chi connectivity index (χ0) is 11.3. The van der Waals surface area contributed by atoms with Gasteiger partial charge in [-0.3, -0.25) is 4.79 Å². The summed E-state index contributed by atoms with van der Waals surface area (Å²) in [6, 6.07) is 6.08. The molecule has 1 aromatic carbocycles. The number of benzene rings is 1. The number of carbonyl (C=O) groups excluding carboxylic acids is 1. The quantitative estimate of drug-likeness (QED) is 0.720. The number of amides is 1. The van der Waals surface area contributed by atoms with Crippen LogP contribution < -0.4 is 0 Å². The lowest BCUT2D eigenvalue weighted by atomic mass is 10.1. The molecule has 1 aliphatic carbocycles. The van der Waals surface area contributed by atoms with Crippen molar-refractivity contribution in [1.29, 1.82) is 5.26 Å². The Morgan fingerprint density at radius 1 is 1.44 bits per heavy atom. The van der Waals surface area contributed by atoms with E-state index in [1.54, 1.807) is 12.1 Å². The van der Waals surface area contributed by atoms with Crippen LogP contribution in [0.1, 0.15) is 34.8 Å². The van der Waals surface area contributed by atoms with Gasteiger partial charge in [-0.25, -0.2) is 4.39 Å². The predicted octanol–water partition coefficient (Wildman–Crippen LogP) is 2.01. The number of nitriles is 1. The fourth-order valence-corrected chi connectivity index (χ4v) is 2.25. The summed E-state index contributed by atoms with van der Waals surface area (Å²) in [7, 11) is 0. The topological polar surface area (TPSA) is 44.1 Å². The van der Waals surface area contributed by atoms with E-state index in [0.717, 1.165) is 12.8 Å². The molecule has 0 saturated heterocycles. The van der Waals surface area contributed by atoms with Gasteiger partial charge in [0.1, 0.15) is 11.9 Å². The van der Waals surface area contributed by atoms with Crippen LogP contribution in [-0.4, -0.2) is 16.8 Å². The van der Waals surface area contributed by atoms with Gasteiger partial charge < -0.3 is 4.90 Å². The average Bonchev–Trinajstić information content (AvgIpc) is 3.05. The highest BCUT2D eigenvalue weighted by Gasteiger charge is 2.46. The fourth-order valence-electron chi connectivity index (χ4n) is 2.25. The molecule has 0 aromatic heterocycles. The Labute approximate surface area is 92.1 Å². The van der Waals surface area contributed by atoms with E-state index < -0.39 is 11.9 Å². The lowest BCUT2D eigenvalue weighted by molar-refractivity contribution is 0.0741. The van der Waals surface area contributed by atoms with Gasteiger partial charge in [-0.2, -0.15) is 5.26 Å². The average molecular weight is 216 g/mol. The molecule has 1 saturated carbocycles. The van der Waals surface area contributed by atoms with Gasteiger partial charge in [0.2, 0.25) is 0 Å². The van der Waals surface area contributed by atoms with E-state index in [0.29, 0.717) is 5.56 Å². The summed E-state index contributed by atoms with van der Waals surface area (Å²) in [6.45, 7) is 0. The SMILES string of the molecule is N#CC1c2cccc(F)c2C(=O)N1C1CC1. The maximum atomic E-state index is 13.6. The van der Waals surface area contributed by atoms with Crippen LogP contribution in [-0.2, 0) is 0 Å². The van der Waals surface area contributed by atoms with Gasteiger partial charge in [-0.15, -0.1) is 0 Å². The molecule has 1 atom stereocenters. The van der Waals surface area contributed by atoms with Crippen molar-refractivity contribution in [1.82, 2.24) is 4.90 Å². The lowest BCUT2D eigenvalue weighted by Gasteiger charge is -2.18. The summed E-state index contributed by atoms with van der Waals surface area (Å²) in [5.74, 6) is -0.854. The molecular weight excluding hydrogens is 207 g/mol. The Hall–Kier alpha value is -1.89. The van der Waals surface area contributed by atoms with Crippen molar-refractivity contribution in [3.63, 3.8) is 0 Å². The molecule has 0 spiro atoms. The van der Waals surface area contributed by atoms with Crippen molar-refractivity contribution in [3.8, 4) is 6.07 Å². The zero-order valence-corrected chi connectivity index (χ0v) is 8.48. The number of hydrogen-bond donors (Lipinski definition) is 0. The number of halogens is 1. The summed E-state index contributed by atoms with van der Waals surface area (Å²) < 4.78 is 13.6. The highest BCUT2D eigenvalue weighted by molar-refractivity contribution is 6.00. The largest absolute Gasteiger partial charge is 0.315 e. The maximum absolute atomic E-state index is 13.6. The van der Waals surface area contributed by atoms with Crippen LogP contribution in [0.25, 0.3) is 0 Å². The molecule has 0 radical (unpaired) electrons. The monoisotopic (exact) mass is 216 g/mol. The number of nitrogens with zero attached hydrogens (tertiary/aromatic N) is 2. The molecule has 16 heavy (non-hydrogen) atoms. The van der Waals surface area contributed by atoms with E-state index in [-0.39, 0.29) is 17.5 Å². The molecule has 1 heterocycles. The fraction of sp³-hybridized carbons (Fsp3) is 0.333. The molecular formula is C12H9FN2O. The lowest BCUT2D eigenvalue weighted by Crippen LogP contribution is -2.29. The summed E-state index contributed by atoms with van der Waals surface area (Å²) in [5, 5.41) is 9.10. The maximum Gasteiger partial charge on any atom is 0.258 e. The highest BCUT2D eigenvalue weighted by Crippen LogP contribution is 2.42. The van der Waals surface area contributed by atoms with Crippen molar-refractivity contribution in [2.75, 3.05) is 0 Å². The summed E-state index contributed by atoms with van der Waals surface area (Å²) >= 11 is 0. The third kappa shape index (κ3) is 1.09. The van der Waals surface area contributed by atoms with Crippen molar-refractivity contribution in [2.45, 2.75) is 24.9 Å². The van der Waals surface area contributed by atoms with Crippen molar-refractivity contribution >= 4 is 5.91 Å². The molecule has 80 valence electrons. The van der Waals surface area contributed by atoms with E-state index in [1.807, 2.05) is 0 Å². The summed E-state index contributed by atoms with van der Waals surface area (Å²) in [5.41, 5.74) is 0.598. The van der Waals surface area contributed by atoms with Crippen LogP contribution >= 0.6 is 0 Å². The smallest absolute Gasteiger partial charge is 0.258 e. The van der Waals surface area contributed by atoms with E-state index in [9.17, 15) is 9.18 Å². The molecule has 1 aromatic rings. The second-order valence-electron chi connectivity index (χ2n) is 4.18. The van der Waals surface area contributed by atoms with Gasteiger partial charge in [-0.05, 0) is 18.9 Å². The highest BCUT2D eigenvalue weighted by atomic mass is 19.1. The Morgan fingerprint density at radius 3 is 2.81 bits per heavy atom. The molecule has 3 nitrogen and oxygen atoms in total. The van der Waals surface area contributed by atoms with Crippen LogP contribution in [0.5, 0.6) is 0 Å². The Kier molecular flexibility index (Phi) is 1.78. The van der Waals surface area contributed by atoms with Gasteiger partial charge in [0, 0.05) is 11.6 Å². The van der Waals surface area contributed by atoms with Gasteiger partial charge >= 0.3 is 0 Å². The standard InChI is InChI=1S/C12H9FN2O/c13-9-3-1-2-8-10(6-14)15(7-4-5-7)12(16)11(8)9/h1-3,7,10H,4-5H2. The van der Waals surface area contributed by atoms with Crippen molar-refractivity contribution < 1.29 is 9.18 Å². The van der Waals surface area contributed by atoms with Gasteiger partial charge in [0.05, 0.1) is 11.6 Å². The molecule has 0 bridgehead atoms. The Morgan fingerprint density at radius 2 is 2.19 bits per heavy atom. The first kappa shape index (κ1) is 9.34. The second-order valence-corrected chi connectivity index (χ2v) is 4.18. The molecule has 1 unspecified atom stereocenters. The third-order valence-electron chi connectivity index (χ3n) is 3.13. The Bertz CT molecular complexity index is 516. The van der Waals surface area contributed by atoms with E-state index in [1.165, 1.54) is 11.0 Å². The molecule has 1 aliphatic heterocycles. The minimum Gasteiger partial charge on any atom is -0.315 e. The summed E-state index contributed by atoms with van der Waals surface area (Å²) in [4.78, 5) is 13.5. The van der Waals surface area contributed by atoms with Gasteiger partial charge in [0.15, 0.2) is 0 Å². The molecule has 2 aliphatic rings. The van der Waals surface area contributed by atoms with Crippen LogP contribution in [0.4, 0.5) is 4.39 Å².